The summed E-state index contributed by atoms with van der Waals surface area (Å²) < 4.78 is 0. The van der Waals surface area contributed by atoms with E-state index >= 15 is 0 Å². The van der Waals surface area contributed by atoms with E-state index in [-0.39, 0.29) is 6.10 Å². The molecule has 12 heavy (non-hydrogen) atoms. The van der Waals surface area contributed by atoms with Crippen molar-refractivity contribution in [1.29, 1.82) is 0 Å². The van der Waals surface area contributed by atoms with E-state index < -0.39 is 0 Å². The van der Waals surface area contributed by atoms with E-state index in [0.29, 0.717) is 5.25 Å². The molecule has 1 aromatic rings. The van der Waals surface area contributed by atoms with Gasteiger partial charge in [-0.15, -0.1) is 0 Å². The Morgan fingerprint density at radius 3 is 2.58 bits per heavy atom. The van der Waals surface area contributed by atoms with Crippen LogP contribution in [0, 0.1) is 0 Å². The zero-order valence-corrected chi connectivity index (χ0v) is 7.63. The summed E-state index contributed by atoms with van der Waals surface area (Å²) in [5, 5.41) is 9.86. The van der Waals surface area contributed by atoms with Crippen molar-refractivity contribution in [1.82, 2.24) is 0 Å². The first-order chi connectivity index (χ1) is 5.86. The first kappa shape index (κ1) is 8.14. The predicted octanol–water partition coefficient (Wildman–Crippen LogP) is 2.23. The number of aliphatic hydroxyl groups excluding tert-OH is 1. The first-order valence-electron chi connectivity index (χ1n) is 4.21. The Morgan fingerprint density at radius 1 is 1.25 bits per heavy atom. The van der Waals surface area contributed by atoms with Gasteiger partial charge in [-0.05, 0) is 12.0 Å². The van der Waals surface area contributed by atoms with Crippen LogP contribution in [0.2, 0.25) is 0 Å². The van der Waals surface area contributed by atoms with Gasteiger partial charge in [-0.25, -0.2) is 0 Å². The van der Waals surface area contributed by atoms with E-state index in [4.69, 9.17) is 0 Å². The van der Waals surface area contributed by atoms with E-state index in [1.807, 2.05) is 17.8 Å². The van der Waals surface area contributed by atoms with Gasteiger partial charge in [0.05, 0.1) is 6.10 Å². The van der Waals surface area contributed by atoms with Crippen LogP contribution in [-0.4, -0.2) is 17.0 Å². The van der Waals surface area contributed by atoms with Crippen molar-refractivity contribution in [3.05, 3.63) is 35.9 Å². The van der Waals surface area contributed by atoms with Gasteiger partial charge in [0.25, 0.3) is 0 Å². The maximum absolute atomic E-state index is 9.34. The molecule has 0 aliphatic carbocycles. The van der Waals surface area contributed by atoms with Gasteiger partial charge < -0.3 is 5.11 Å². The highest BCUT2D eigenvalue weighted by Gasteiger charge is 2.24. The van der Waals surface area contributed by atoms with Gasteiger partial charge in [0.1, 0.15) is 0 Å². The number of aliphatic hydroxyl groups is 1. The molecule has 0 bridgehead atoms. The maximum Gasteiger partial charge on any atom is 0.0644 e. The fourth-order valence-corrected chi connectivity index (χ4v) is 2.81. The molecule has 2 atom stereocenters. The number of thioether (sulfide) groups is 1. The Hall–Kier alpha value is -0.470. The molecule has 1 fully saturated rings. The van der Waals surface area contributed by atoms with Crippen molar-refractivity contribution in [2.45, 2.75) is 17.8 Å². The summed E-state index contributed by atoms with van der Waals surface area (Å²) in [6.07, 6.45) is 0.814. The van der Waals surface area contributed by atoms with Crippen LogP contribution in [0.25, 0.3) is 0 Å². The highest BCUT2D eigenvalue weighted by atomic mass is 32.2. The second-order valence-corrected chi connectivity index (χ2v) is 4.36. The van der Waals surface area contributed by atoms with Gasteiger partial charge in [-0.2, -0.15) is 11.8 Å². The molecule has 0 amide bonds. The first-order valence-corrected chi connectivity index (χ1v) is 5.26. The molecule has 2 heteroatoms. The molecule has 1 saturated heterocycles. The third kappa shape index (κ3) is 1.65. The fourth-order valence-electron chi connectivity index (χ4n) is 1.51. The zero-order chi connectivity index (χ0) is 8.39. The summed E-state index contributed by atoms with van der Waals surface area (Å²) in [6.45, 7) is 0. The van der Waals surface area contributed by atoms with E-state index in [2.05, 4.69) is 24.3 Å². The average Bonchev–Trinajstić information content (AvgIpc) is 2.54. The number of hydrogen-bond donors (Lipinski definition) is 1. The van der Waals surface area contributed by atoms with Crippen molar-refractivity contribution in [3.8, 4) is 0 Å². The standard InChI is InChI=1S/C10H12OS/c11-9-6-10(12-7-9)8-4-2-1-3-5-8/h1-5,9-11H,6-7H2. The second-order valence-electron chi connectivity index (χ2n) is 3.12. The zero-order valence-electron chi connectivity index (χ0n) is 6.81. The SMILES string of the molecule is OC1CSC(c2ccccc2)C1. The minimum absolute atomic E-state index is 0.0970. The van der Waals surface area contributed by atoms with E-state index in [0.717, 1.165) is 12.2 Å². The van der Waals surface area contributed by atoms with Gasteiger partial charge >= 0.3 is 0 Å². The maximum atomic E-state index is 9.34. The summed E-state index contributed by atoms with van der Waals surface area (Å²) in [7, 11) is 0. The lowest BCUT2D eigenvalue weighted by atomic mass is 10.1. The molecular formula is C10H12OS. The average molecular weight is 180 g/mol. The van der Waals surface area contributed by atoms with Crippen molar-refractivity contribution in [2.75, 3.05) is 5.75 Å². The normalized spacial score (nSPS) is 29.1. The molecule has 2 unspecified atom stereocenters. The van der Waals surface area contributed by atoms with Gasteiger partial charge in [-0.1, -0.05) is 30.3 Å². The lowest BCUT2D eigenvalue weighted by Gasteiger charge is -2.07. The van der Waals surface area contributed by atoms with Crippen LogP contribution < -0.4 is 0 Å². The molecular weight excluding hydrogens is 168 g/mol. The van der Waals surface area contributed by atoms with Crippen LogP contribution in [0.5, 0.6) is 0 Å². The van der Waals surface area contributed by atoms with Crippen LogP contribution in [-0.2, 0) is 0 Å². The Labute approximate surface area is 76.8 Å². The highest BCUT2D eigenvalue weighted by molar-refractivity contribution is 7.99. The van der Waals surface area contributed by atoms with Crippen molar-refractivity contribution in [2.24, 2.45) is 0 Å². The van der Waals surface area contributed by atoms with Gasteiger partial charge in [0.15, 0.2) is 0 Å². The molecule has 1 aliphatic rings. The van der Waals surface area contributed by atoms with Crippen molar-refractivity contribution in [3.63, 3.8) is 0 Å². The molecule has 0 saturated carbocycles. The van der Waals surface area contributed by atoms with Gasteiger partial charge in [0, 0.05) is 11.0 Å². The minimum atomic E-state index is -0.0970. The molecule has 2 rings (SSSR count). The largest absolute Gasteiger partial charge is 0.392 e. The molecule has 1 N–H and O–H groups in total. The van der Waals surface area contributed by atoms with E-state index in [9.17, 15) is 5.11 Å². The summed E-state index contributed by atoms with van der Waals surface area (Å²) in [4.78, 5) is 0. The fraction of sp³-hybridized carbons (Fsp3) is 0.400. The molecule has 0 aromatic heterocycles. The second kappa shape index (κ2) is 3.50. The minimum Gasteiger partial charge on any atom is -0.392 e. The molecule has 1 aromatic carbocycles. The van der Waals surface area contributed by atoms with Crippen molar-refractivity contribution < 1.29 is 5.11 Å². The van der Waals surface area contributed by atoms with Crippen molar-refractivity contribution >= 4 is 11.8 Å². The van der Waals surface area contributed by atoms with Crippen LogP contribution >= 0.6 is 11.8 Å². The van der Waals surface area contributed by atoms with Crippen LogP contribution in [0.1, 0.15) is 17.2 Å². The number of hydrogen-bond acceptors (Lipinski definition) is 2. The van der Waals surface area contributed by atoms with Crippen LogP contribution in [0.3, 0.4) is 0 Å². The highest BCUT2D eigenvalue weighted by Crippen LogP contribution is 2.39. The lowest BCUT2D eigenvalue weighted by Crippen LogP contribution is -2.02. The molecule has 1 nitrogen and oxygen atoms in total. The van der Waals surface area contributed by atoms with E-state index in [1.54, 1.807) is 0 Å². The monoisotopic (exact) mass is 180 g/mol. The number of rotatable bonds is 1. The number of benzene rings is 1. The Bertz CT molecular complexity index is 247. The summed E-state index contributed by atoms with van der Waals surface area (Å²) in [5.74, 6) is 0.888. The van der Waals surface area contributed by atoms with Gasteiger partial charge in [0.2, 0.25) is 0 Å². The van der Waals surface area contributed by atoms with E-state index in [1.165, 1.54) is 5.56 Å². The molecule has 1 aliphatic heterocycles. The Balaban J connectivity index is 2.11. The van der Waals surface area contributed by atoms with Crippen LogP contribution in [0.15, 0.2) is 30.3 Å². The molecule has 0 radical (unpaired) electrons. The Kier molecular flexibility index (Phi) is 2.38. The molecule has 0 spiro atoms. The summed E-state index contributed by atoms with van der Waals surface area (Å²) in [6, 6.07) is 10.4. The van der Waals surface area contributed by atoms with Gasteiger partial charge in [-0.3, -0.25) is 0 Å². The smallest absolute Gasteiger partial charge is 0.0644 e. The summed E-state index contributed by atoms with van der Waals surface area (Å²) >= 11 is 1.85. The molecule has 1 heterocycles. The predicted molar refractivity (Wildman–Crippen MR) is 52.3 cm³/mol. The third-order valence-corrected chi connectivity index (χ3v) is 3.59. The molecule has 64 valence electrons. The Morgan fingerprint density at radius 2 is 2.00 bits per heavy atom. The lowest BCUT2D eigenvalue weighted by molar-refractivity contribution is 0.196. The van der Waals surface area contributed by atoms with Crippen LogP contribution in [0.4, 0.5) is 0 Å². The quantitative estimate of drug-likeness (QED) is 0.715. The summed E-state index contributed by atoms with van der Waals surface area (Å²) in [5.41, 5.74) is 1.35. The third-order valence-electron chi connectivity index (χ3n) is 2.15. The topological polar surface area (TPSA) is 20.2 Å².